The Morgan fingerprint density at radius 1 is 1.33 bits per heavy atom. The van der Waals surface area contributed by atoms with Crippen LogP contribution in [0.5, 0.6) is 0 Å². The minimum atomic E-state index is 0.0711. The van der Waals surface area contributed by atoms with E-state index in [1.165, 1.54) is 0 Å². The first-order valence-electron chi connectivity index (χ1n) is 7.11. The fraction of sp³-hybridized carbons (Fsp3) is 0.533. The average molecular weight is 313 g/mol. The van der Waals surface area contributed by atoms with E-state index in [1.54, 1.807) is 6.07 Å². The van der Waals surface area contributed by atoms with Crippen molar-refractivity contribution in [3.05, 3.63) is 34.3 Å². The minimum absolute atomic E-state index is 0.0711. The summed E-state index contributed by atoms with van der Waals surface area (Å²) >= 11 is 6.29. The van der Waals surface area contributed by atoms with Crippen LogP contribution in [0.4, 0.5) is 0 Å². The maximum Gasteiger partial charge on any atom is 0.170 e. The molecule has 0 unspecified atom stereocenters. The van der Waals surface area contributed by atoms with E-state index in [1.807, 2.05) is 12.1 Å². The Balaban J connectivity index is 2.68. The summed E-state index contributed by atoms with van der Waals surface area (Å²) in [7, 11) is 4.16. The van der Waals surface area contributed by atoms with Crippen molar-refractivity contribution in [1.29, 1.82) is 0 Å². The van der Waals surface area contributed by atoms with Gasteiger partial charge >= 0.3 is 0 Å². The van der Waals surface area contributed by atoms with E-state index in [4.69, 9.17) is 22.5 Å². The lowest BCUT2D eigenvalue weighted by Crippen LogP contribution is -2.27. The number of hydrogen-bond acceptors (Lipinski definition) is 4. The quantitative estimate of drug-likeness (QED) is 0.334. The summed E-state index contributed by atoms with van der Waals surface area (Å²) in [5, 5.41) is 12.3. The number of nitrogens with zero attached hydrogens (tertiary/aromatic N) is 3. The Morgan fingerprint density at radius 2 is 2.05 bits per heavy atom. The molecule has 0 saturated carbocycles. The molecule has 3 N–H and O–H groups in total. The molecule has 0 spiro atoms. The summed E-state index contributed by atoms with van der Waals surface area (Å²) in [5.74, 6) is 0.0711. The highest BCUT2D eigenvalue weighted by atomic mass is 35.5. The lowest BCUT2D eigenvalue weighted by molar-refractivity contribution is 0.259. The van der Waals surface area contributed by atoms with Gasteiger partial charge in [0.15, 0.2) is 5.84 Å². The van der Waals surface area contributed by atoms with E-state index in [-0.39, 0.29) is 5.84 Å². The van der Waals surface area contributed by atoms with Crippen LogP contribution < -0.4 is 5.73 Å². The monoisotopic (exact) mass is 312 g/mol. The first kappa shape index (κ1) is 17.8. The molecule has 0 radical (unpaired) electrons. The van der Waals surface area contributed by atoms with Gasteiger partial charge in [-0.05, 0) is 51.8 Å². The standard InChI is InChI=1S/C15H25ClN4O/c1-4-20(9-5-8-19(2)3)11-13-7-6-12(10-14(13)16)15(17)18-21/h6-7,10,21H,4-5,8-9,11H2,1-3H3,(H2,17,18). The van der Waals surface area contributed by atoms with Gasteiger partial charge in [0.1, 0.15) is 0 Å². The van der Waals surface area contributed by atoms with Crippen LogP contribution in [0.3, 0.4) is 0 Å². The number of rotatable bonds is 8. The summed E-state index contributed by atoms with van der Waals surface area (Å²) in [4.78, 5) is 4.54. The van der Waals surface area contributed by atoms with Crippen LogP contribution in [-0.2, 0) is 6.54 Å². The number of nitrogens with two attached hydrogens (primary N) is 1. The van der Waals surface area contributed by atoms with Gasteiger partial charge in [-0.3, -0.25) is 4.90 Å². The molecule has 5 nitrogen and oxygen atoms in total. The first-order chi connectivity index (χ1) is 9.97. The Labute approximate surface area is 132 Å². The molecular weight excluding hydrogens is 288 g/mol. The molecule has 0 aliphatic carbocycles. The van der Waals surface area contributed by atoms with Gasteiger partial charge in [-0.15, -0.1) is 0 Å². The second-order valence-corrected chi connectivity index (χ2v) is 5.72. The van der Waals surface area contributed by atoms with Crippen molar-refractivity contribution in [2.75, 3.05) is 33.7 Å². The third-order valence-corrected chi connectivity index (χ3v) is 3.73. The molecule has 0 atom stereocenters. The molecule has 0 fully saturated rings. The molecule has 0 aliphatic heterocycles. The van der Waals surface area contributed by atoms with Crippen LogP contribution in [0.2, 0.25) is 5.02 Å². The normalized spacial score (nSPS) is 12.4. The topological polar surface area (TPSA) is 65.1 Å². The van der Waals surface area contributed by atoms with E-state index in [0.29, 0.717) is 10.6 Å². The molecule has 0 saturated heterocycles. The molecule has 0 bridgehead atoms. The number of benzene rings is 1. The number of amidine groups is 1. The van der Waals surface area contributed by atoms with Crippen LogP contribution >= 0.6 is 11.6 Å². The van der Waals surface area contributed by atoms with Gasteiger partial charge in [0.05, 0.1) is 0 Å². The lowest BCUT2D eigenvalue weighted by atomic mass is 10.1. The predicted octanol–water partition coefficient (Wildman–Crippen LogP) is 2.21. The van der Waals surface area contributed by atoms with Crippen LogP contribution in [-0.4, -0.2) is 54.6 Å². The summed E-state index contributed by atoms with van der Waals surface area (Å²) in [6.45, 7) is 6.04. The van der Waals surface area contributed by atoms with Crippen molar-refractivity contribution in [2.24, 2.45) is 10.9 Å². The zero-order chi connectivity index (χ0) is 15.8. The maximum atomic E-state index is 8.68. The molecule has 0 aliphatic rings. The van der Waals surface area contributed by atoms with Gasteiger partial charge in [-0.25, -0.2) is 0 Å². The second-order valence-electron chi connectivity index (χ2n) is 5.32. The summed E-state index contributed by atoms with van der Waals surface area (Å²) in [6.07, 6.45) is 1.13. The van der Waals surface area contributed by atoms with Gasteiger partial charge in [-0.1, -0.05) is 35.8 Å². The Hall–Kier alpha value is -1.30. The highest BCUT2D eigenvalue weighted by molar-refractivity contribution is 6.31. The van der Waals surface area contributed by atoms with Crippen LogP contribution in [0.1, 0.15) is 24.5 Å². The zero-order valence-corrected chi connectivity index (χ0v) is 13.8. The largest absolute Gasteiger partial charge is 0.409 e. The Kier molecular flexibility index (Phi) is 7.50. The Bertz CT molecular complexity index is 477. The fourth-order valence-corrected chi connectivity index (χ4v) is 2.33. The Morgan fingerprint density at radius 3 is 2.57 bits per heavy atom. The lowest BCUT2D eigenvalue weighted by Gasteiger charge is -2.22. The molecular formula is C15H25ClN4O. The van der Waals surface area contributed by atoms with Crippen molar-refractivity contribution in [3.63, 3.8) is 0 Å². The fourth-order valence-electron chi connectivity index (χ4n) is 2.09. The predicted molar refractivity (Wildman–Crippen MR) is 88.1 cm³/mol. The molecule has 0 aromatic heterocycles. The zero-order valence-electron chi connectivity index (χ0n) is 13.0. The molecule has 1 aromatic rings. The second kappa shape index (κ2) is 8.87. The van der Waals surface area contributed by atoms with E-state index in [2.05, 4.69) is 36.0 Å². The van der Waals surface area contributed by atoms with Gasteiger partial charge in [0.25, 0.3) is 0 Å². The van der Waals surface area contributed by atoms with Crippen molar-refractivity contribution < 1.29 is 5.21 Å². The third kappa shape index (κ3) is 5.91. The average Bonchev–Trinajstić information content (AvgIpc) is 2.46. The third-order valence-electron chi connectivity index (χ3n) is 3.38. The molecule has 1 rings (SSSR count). The van der Waals surface area contributed by atoms with Crippen molar-refractivity contribution in [2.45, 2.75) is 19.9 Å². The summed E-state index contributed by atoms with van der Waals surface area (Å²) < 4.78 is 0. The molecule has 118 valence electrons. The highest BCUT2D eigenvalue weighted by Crippen LogP contribution is 2.20. The molecule has 21 heavy (non-hydrogen) atoms. The van der Waals surface area contributed by atoms with E-state index in [9.17, 15) is 0 Å². The molecule has 1 aromatic carbocycles. The van der Waals surface area contributed by atoms with Gasteiger partial charge in [0, 0.05) is 17.1 Å². The van der Waals surface area contributed by atoms with Crippen molar-refractivity contribution in [3.8, 4) is 0 Å². The van der Waals surface area contributed by atoms with E-state index < -0.39 is 0 Å². The van der Waals surface area contributed by atoms with Gasteiger partial charge < -0.3 is 15.8 Å². The van der Waals surface area contributed by atoms with Gasteiger partial charge in [0.2, 0.25) is 0 Å². The molecule has 6 heteroatoms. The number of oxime groups is 1. The number of hydrogen-bond donors (Lipinski definition) is 2. The van der Waals surface area contributed by atoms with Crippen LogP contribution in [0, 0.1) is 0 Å². The van der Waals surface area contributed by atoms with Crippen molar-refractivity contribution >= 4 is 17.4 Å². The first-order valence-corrected chi connectivity index (χ1v) is 7.49. The summed E-state index contributed by atoms with van der Waals surface area (Å²) in [6, 6.07) is 5.49. The maximum absolute atomic E-state index is 8.68. The summed E-state index contributed by atoms with van der Waals surface area (Å²) in [5.41, 5.74) is 7.24. The smallest absolute Gasteiger partial charge is 0.170 e. The van der Waals surface area contributed by atoms with E-state index >= 15 is 0 Å². The highest BCUT2D eigenvalue weighted by Gasteiger charge is 2.09. The van der Waals surface area contributed by atoms with Crippen LogP contribution in [0.25, 0.3) is 0 Å². The minimum Gasteiger partial charge on any atom is -0.409 e. The van der Waals surface area contributed by atoms with Crippen molar-refractivity contribution in [1.82, 2.24) is 9.80 Å². The van der Waals surface area contributed by atoms with E-state index in [0.717, 1.165) is 38.2 Å². The SMILES string of the molecule is CCN(CCCN(C)C)Cc1ccc(/C(N)=N/O)cc1Cl. The molecule has 0 amide bonds. The number of halogens is 1. The van der Waals surface area contributed by atoms with Gasteiger partial charge in [-0.2, -0.15) is 0 Å². The molecule has 0 heterocycles. The van der Waals surface area contributed by atoms with Crippen LogP contribution in [0.15, 0.2) is 23.4 Å².